The highest BCUT2D eigenvalue weighted by Crippen LogP contribution is 2.46. The Morgan fingerprint density at radius 2 is 1.82 bits per heavy atom. The molecule has 1 aromatic rings. The fourth-order valence-corrected chi connectivity index (χ4v) is 9.68. The first kappa shape index (κ1) is 37.3. The Hall–Kier alpha value is -1.50. The molecule has 10 heteroatoms. The molecule has 49 heavy (non-hydrogen) atoms. The number of likely N-dealkylation sites (N-methyl/N-ethyl adjacent to an activating group) is 2. The molecule has 5 aliphatic rings. The number of benzene rings is 1. The highest BCUT2D eigenvalue weighted by Gasteiger charge is 2.55. The molecule has 9 unspecified atom stereocenters. The molecule has 0 spiro atoms. The quantitative estimate of drug-likeness (QED) is 0.141. The summed E-state index contributed by atoms with van der Waals surface area (Å²) in [6.07, 6.45) is 10.6. The molecule has 6 rings (SSSR count). The number of nitrogens with zero attached hydrogens (tertiary/aromatic N) is 3. The molecule has 2 saturated heterocycles. The zero-order chi connectivity index (χ0) is 35.1. The second kappa shape index (κ2) is 15.2. The van der Waals surface area contributed by atoms with E-state index in [1.807, 2.05) is 0 Å². The van der Waals surface area contributed by atoms with E-state index in [0.29, 0.717) is 42.7 Å². The highest BCUT2D eigenvalue weighted by molar-refractivity contribution is 5.75. The van der Waals surface area contributed by atoms with E-state index in [-0.39, 0.29) is 18.2 Å². The van der Waals surface area contributed by atoms with Gasteiger partial charge in [-0.2, -0.15) is 0 Å². The van der Waals surface area contributed by atoms with E-state index in [0.717, 1.165) is 30.3 Å². The lowest BCUT2D eigenvalue weighted by molar-refractivity contribution is -0.925. The minimum Gasteiger partial charge on any atom is -0.387 e. The Bertz CT molecular complexity index is 1240. The summed E-state index contributed by atoms with van der Waals surface area (Å²) in [4.78, 5) is 4.60. The van der Waals surface area contributed by atoms with E-state index in [2.05, 4.69) is 92.8 Å². The summed E-state index contributed by atoms with van der Waals surface area (Å²) in [6, 6.07) is 7.55. The van der Waals surface area contributed by atoms with E-state index in [1.165, 1.54) is 68.3 Å². The Balaban J connectivity index is 0.979. The van der Waals surface area contributed by atoms with Gasteiger partial charge in [-0.1, -0.05) is 52.5 Å². The average molecular weight is 685 g/mol. The lowest BCUT2D eigenvalue weighted by Crippen LogP contribution is -2.65. The number of rotatable bonds is 16. The molecule has 10 nitrogen and oxygen atoms in total. The van der Waals surface area contributed by atoms with Crippen molar-refractivity contribution in [2.75, 3.05) is 51.5 Å². The van der Waals surface area contributed by atoms with Gasteiger partial charge in [-0.15, -0.1) is 0 Å². The molecule has 2 saturated carbocycles. The van der Waals surface area contributed by atoms with Crippen molar-refractivity contribution in [3.05, 3.63) is 23.8 Å². The largest absolute Gasteiger partial charge is 0.387 e. The summed E-state index contributed by atoms with van der Waals surface area (Å²) in [7, 11) is 6.64. The van der Waals surface area contributed by atoms with Crippen LogP contribution in [-0.2, 0) is 10.2 Å². The van der Waals surface area contributed by atoms with Gasteiger partial charge in [-0.3, -0.25) is 5.32 Å². The van der Waals surface area contributed by atoms with Crippen molar-refractivity contribution in [1.82, 2.24) is 15.1 Å². The van der Waals surface area contributed by atoms with Gasteiger partial charge in [0, 0.05) is 18.6 Å². The van der Waals surface area contributed by atoms with Crippen molar-refractivity contribution >= 4 is 11.4 Å². The number of anilines is 2. The summed E-state index contributed by atoms with van der Waals surface area (Å²) in [6.45, 7) is 11.3. The van der Waals surface area contributed by atoms with Gasteiger partial charge in [0.05, 0.1) is 50.9 Å². The normalized spacial score (nSPS) is 35.4. The fourth-order valence-electron chi connectivity index (χ4n) is 9.68. The monoisotopic (exact) mass is 685 g/mol. The van der Waals surface area contributed by atoms with Crippen LogP contribution in [0.3, 0.4) is 0 Å². The number of nitrogens with two attached hydrogens (primary N) is 1. The van der Waals surface area contributed by atoms with Gasteiger partial charge >= 0.3 is 0 Å². The maximum Gasteiger partial charge on any atom is 0.165 e. The molecule has 4 fully saturated rings. The van der Waals surface area contributed by atoms with Crippen LogP contribution in [0.1, 0.15) is 104 Å². The first-order valence-corrected chi connectivity index (χ1v) is 19.8. The van der Waals surface area contributed by atoms with Gasteiger partial charge < -0.3 is 40.7 Å². The summed E-state index contributed by atoms with van der Waals surface area (Å²) < 4.78 is 7.33. The summed E-state index contributed by atoms with van der Waals surface area (Å²) >= 11 is 0. The van der Waals surface area contributed by atoms with Crippen LogP contribution in [0.2, 0.25) is 0 Å². The zero-order valence-corrected chi connectivity index (χ0v) is 31.7. The van der Waals surface area contributed by atoms with Crippen LogP contribution in [0.25, 0.3) is 0 Å². The smallest absolute Gasteiger partial charge is 0.165 e. The number of hydrogen-bond donors (Lipinski definition) is 6. The van der Waals surface area contributed by atoms with E-state index < -0.39 is 24.5 Å². The lowest BCUT2D eigenvalue weighted by Gasteiger charge is -2.45. The number of ether oxygens (including phenoxy) is 1. The lowest BCUT2D eigenvalue weighted by atomic mass is 9.66. The van der Waals surface area contributed by atoms with Gasteiger partial charge in [0.1, 0.15) is 24.5 Å². The summed E-state index contributed by atoms with van der Waals surface area (Å²) in [5.41, 5.74) is 11.3. The second-order valence-electron chi connectivity index (χ2n) is 17.4. The van der Waals surface area contributed by atoms with Crippen LogP contribution in [0, 0.1) is 11.8 Å². The molecule has 278 valence electrons. The molecule has 0 radical (unpaired) electrons. The van der Waals surface area contributed by atoms with Crippen LogP contribution < -0.4 is 21.7 Å². The topological polar surface area (TPSA) is 118 Å². The minimum atomic E-state index is -0.963. The van der Waals surface area contributed by atoms with Crippen LogP contribution in [0.15, 0.2) is 18.2 Å². The molecule has 2 aliphatic carbocycles. The molecule has 9 atom stereocenters. The molecule has 7 N–H and O–H groups in total. The molecule has 1 aromatic carbocycles. The molecule has 3 aliphatic heterocycles. The van der Waals surface area contributed by atoms with Gasteiger partial charge in [0.15, 0.2) is 6.17 Å². The van der Waals surface area contributed by atoms with E-state index >= 15 is 0 Å². The molecule has 3 heterocycles. The zero-order valence-electron chi connectivity index (χ0n) is 31.7. The van der Waals surface area contributed by atoms with Gasteiger partial charge in [0.2, 0.25) is 0 Å². The number of hydrogen-bond acceptors (Lipinski definition) is 9. The fraction of sp³-hybridized carbons (Fsp3) is 0.846. The average Bonchev–Trinajstić information content (AvgIpc) is 3.74. The third-order valence-electron chi connectivity index (χ3n) is 13.7. The third kappa shape index (κ3) is 7.68. The Morgan fingerprint density at radius 1 is 1.08 bits per heavy atom. The van der Waals surface area contributed by atoms with E-state index in [4.69, 9.17) is 10.5 Å². The number of aliphatic hydroxyl groups excluding tert-OH is 2. The van der Waals surface area contributed by atoms with Crippen molar-refractivity contribution in [3.8, 4) is 0 Å². The van der Waals surface area contributed by atoms with Crippen molar-refractivity contribution in [2.24, 2.45) is 17.6 Å². The predicted octanol–water partition coefficient (Wildman–Crippen LogP) is 4.43. The second-order valence-corrected chi connectivity index (χ2v) is 17.4. The third-order valence-corrected chi connectivity index (χ3v) is 13.7. The summed E-state index contributed by atoms with van der Waals surface area (Å²) in [5, 5.41) is 33.8. The van der Waals surface area contributed by atoms with Crippen molar-refractivity contribution in [3.63, 3.8) is 0 Å². The van der Waals surface area contributed by atoms with Crippen LogP contribution in [0.5, 0.6) is 0 Å². The SMILES string of the molecule is CCCC(CC)CC(N)C1NCN(C2OC(CN(C)C3CC(CCC4Nc5ccc(C6(C)CCC6)cc5N4)C3)C(O)C2O)C1[N+](C)(C)CC. The maximum atomic E-state index is 11.4. The molecule has 0 bridgehead atoms. The van der Waals surface area contributed by atoms with Gasteiger partial charge in [-0.25, -0.2) is 4.90 Å². The minimum absolute atomic E-state index is 0.0105. The Labute approximate surface area is 297 Å². The standard InChI is InChI=1S/C39H70N7O3/c1-8-12-25(9-2)21-29(40)34-37(46(6,7)10-3)45(24-41-34)38-36(48)35(47)32(49-38)23-44(5)28-19-26(20-28)13-16-33-42-30-15-14-27(22-31(30)43-33)39(4)17-11-18-39/h14-15,22,25-26,28-29,32-38,41-43,47-48H,8-13,16-21,23-24,40H2,1-7H3/q+1. The molecule has 0 aromatic heterocycles. The van der Waals surface area contributed by atoms with Crippen LogP contribution >= 0.6 is 0 Å². The number of nitrogens with one attached hydrogen (secondary N) is 3. The van der Waals surface area contributed by atoms with E-state index in [9.17, 15) is 10.2 Å². The Kier molecular flexibility index (Phi) is 11.6. The van der Waals surface area contributed by atoms with Gasteiger partial charge in [0.25, 0.3) is 0 Å². The number of aliphatic hydroxyl groups is 2. The van der Waals surface area contributed by atoms with Crippen LogP contribution in [0.4, 0.5) is 11.4 Å². The molecular formula is C39H70N7O3+. The first-order valence-electron chi connectivity index (χ1n) is 19.8. The summed E-state index contributed by atoms with van der Waals surface area (Å²) in [5.74, 6) is 1.34. The maximum absolute atomic E-state index is 11.4. The van der Waals surface area contributed by atoms with Crippen molar-refractivity contribution in [1.29, 1.82) is 0 Å². The first-order chi connectivity index (χ1) is 23.4. The van der Waals surface area contributed by atoms with Crippen LogP contribution in [-0.4, -0.2) is 120 Å². The number of quaternary nitrogens is 1. The van der Waals surface area contributed by atoms with Crippen molar-refractivity contribution < 1.29 is 19.4 Å². The van der Waals surface area contributed by atoms with E-state index in [1.54, 1.807) is 0 Å². The van der Waals surface area contributed by atoms with Crippen molar-refractivity contribution in [2.45, 2.75) is 159 Å². The molecule has 0 amide bonds. The highest BCUT2D eigenvalue weighted by atomic mass is 16.6. The van der Waals surface area contributed by atoms with Gasteiger partial charge in [-0.05, 0) is 93.9 Å². The Morgan fingerprint density at radius 3 is 2.47 bits per heavy atom. The predicted molar refractivity (Wildman–Crippen MR) is 199 cm³/mol. The molecular weight excluding hydrogens is 614 g/mol. The number of fused-ring (bicyclic) bond motifs is 1.